The van der Waals surface area contributed by atoms with Crippen LogP contribution < -0.4 is 4.74 Å². The number of aryl methyl sites for hydroxylation is 2. The van der Waals surface area contributed by atoms with Crippen LogP contribution in [0.25, 0.3) is 0 Å². The second kappa shape index (κ2) is 6.55. The number of ether oxygens (including phenoxy) is 2. The van der Waals surface area contributed by atoms with E-state index in [2.05, 4.69) is 0 Å². The van der Waals surface area contributed by atoms with Crippen molar-refractivity contribution in [3.8, 4) is 5.75 Å². The molecule has 0 spiro atoms. The Hall–Kier alpha value is -1.35. The van der Waals surface area contributed by atoms with Gasteiger partial charge in [0.2, 0.25) is 0 Å². The van der Waals surface area contributed by atoms with Gasteiger partial charge in [-0.05, 0) is 31.9 Å². The molecule has 1 heterocycles. The first-order valence-electron chi connectivity index (χ1n) is 6.44. The van der Waals surface area contributed by atoms with Gasteiger partial charge in [-0.15, -0.1) is 0 Å². The summed E-state index contributed by atoms with van der Waals surface area (Å²) in [5, 5.41) is 0. The Morgan fingerprint density at radius 2 is 1.94 bits per heavy atom. The van der Waals surface area contributed by atoms with Crippen LogP contribution in [0.5, 0.6) is 5.75 Å². The molecule has 0 saturated carbocycles. The fourth-order valence-electron chi connectivity index (χ4n) is 1.93. The molecule has 0 amide bonds. The zero-order valence-corrected chi connectivity index (χ0v) is 11.9. The quantitative estimate of drug-likeness (QED) is 0.608. The van der Waals surface area contributed by atoms with Crippen molar-refractivity contribution >= 4 is 6.29 Å². The summed E-state index contributed by atoms with van der Waals surface area (Å²) in [6, 6.07) is 1.99. The molecule has 0 aliphatic carbocycles. The molecule has 2 rings (SSSR count). The van der Waals surface area contributed by atoms with Gasteiger partial charge in [0.25, 0.3) is 0 Å². The monoisotopic (exact) mass is 250 g/mol. The second-order valence-corrected chi connectivity index (χ2v) is 4.26. The minimum atomic E-state index is 0.236. The number of carbonyl (C=O) groups excluding carboxylic acids is 1. The molecule has 1 saturated heterocycles. The molecule has 1 aromatic rings. The van der Waals surface area contributed by atoms with Crippen LogP contribution in [0.15, 0.2) is 6.07 Å². The lowest BCUT2D eigenvalue weighted by Crippen LogP contribution is -2.08. The van der Waals surface area contributed by atoms with E-state index in [-0.39, 0.29) is 6.10 Å². The third-order valence-corrected chi connectivity index (χ3v) is 2.89. The Morgan fingerprint density at radius 3 is 2.44 bits per heavy atom. The van der Waals surface area contributed by atoms with Crippen molar-refractivity contribution in [3.63, 3.8) is 0 Å². The summed E-state index contributed by atoms with van der Waals surface area (Å²) in [7, 11) is 0. The minimum absolute atomic E-state index is 0.236. The topological polar surface area (TPSA) is 38.8 Å². The van der Waals surface area contributed by atoms with Crippen LogP contribution in [0.4, 0.5) is 0 Å². The highest BCUT2D eigenvalue weighted by atomic mass is 16.6. The molecule has 1 unspecified atom stereocenters. The van der Waals surface area contributed by atoms with Gasteiger partial charge in [-0.1, -0.05) is 19.9 Å². The van der Waals surface area contributed by atoms with E-state index >= 15 is 0 Å². The van der Waals surface area contributed by atoms with Crippen LogP contribution in [0.1, 0.15) is 40.9 Å². The normalized spacial score (nSPS) is 16.6. The molecule has 1 aliphatic rings. The van der Waals surface area contributed by atoms with Gasteiger partial charge in [-0.2, -0.15) is 0 Å². The van der Waals surface area contributed by atoms with Crippen molar-refractivity contribution in [2.75, 3.05) is 13.2 Å². The van der Waals surface area contributed by atoms with Crippen molar-refractivity contribution in [1.82, 2.24) is 0 Å². The molecule has 18 heavy (non-hydrogen) atoms. The van der Waals surface area contributed by atoms with Gasteiger partial charge in [-0.3, -0.25) is 4.79 Å². The summed E-state index contributed by atoms with van der Waals surface area (Å²) < 4.78 is 10.8. The molecule has 0 bridgehead atoms. The molecule has 0 N–H and O–H groups in total. The summed E-state index contributed by atoms with van der Waals surface area (Å²) >= 11 is 0. The zero-order chi connectivity index (χ0) is 13.7. The standard InChI is InChI=1S/C13H16O3.C2H6/c1-8-4-9(2)13(10(3)12(8)5-14)16-7-11-6-15-11;1-2/h4-5,11H,6-7H2,1-3H3;1-2H3. The zero-order valence-electron chi connectivity index (χ0n) is 11.9. The van der Waals surface area contributed by atoms with E-state index in [0.29, 0.717) is 6.61 Å². The van der Waals surface area contributed by atoms with Crippen molar-refractivity contribution in [1.29, 1.82) is 0 Å². The summed E-state index contributed by atoms with van der Waals surface area (Å²) in [6.07, 6.45) is 1.13. The summed E-state index contributed by atoms with van der Waals surface area (Å²) in [5.41, 5.74) is 3.73. The maximum atomic E-state index is 11.0. The average Bonchev–Trinajstić information content (AvgIpc) is 3.15. The lowest BCUT2D eigenvalue weighted by Gasteiger charge is -2.14. The first-order chi connectivity index (χ1) is 8.63. The molecule has 1 fully saturated rings. The molecule has 3 nitrogen and oxygen atoms in total. The Bertz CT molecular complexity index is 420. The van der Waals surface area contributed by atoms with E-state index in [1.54, 1.807) is 0 Å². The molecular formula is C15H22O3. The van der Waals surface area contributed by atoms with Crippen molar-refractivity contribution < 1.29 is 14.3 Å². The van der Waals surface area contributed by atoms with E-state index in [1.165, 1.54) is 0 Å². The van der Waals surface area contributed by atoms with Crippen LogP contribution in [0.2, 0.25) is 0 Å². The summed E-state index contributed by atoms with van der Waals surface area (Å²) in [6.45, 7) is 11.2. The average molecular weight is 250 g/mol. The van der Waals surface area contributed by atoms with Gasteiger partial charge in [0.05, 0.1) is 6.61 Å². The van der Waals surface area contributed by atoms with Gasteiger partial charge in [-0.25, -0.2) is 0 Å². The van der Waals surface area contributed by atoms with Crippen molar-refractivity contribution in [2.45, 2.75) is 40.7 Å². The van der Waals surface area contributed by atoms with Crippen LogP contribution in [-0.2, 0) is 4.74 Å². The van der Waals surface area contributed by atoms with Gasteiger partial charge < -0.3 is 9.47 Å². The highest BCUT2D eigenvalue weighted by Gasteiger charge is 2.24. The molecule has 1 atom stereocenters. The number of hydrogen-bond acceptors (Lipinski definition) is 3. The first-order valence-corrected chi connectivity index (χ1v) is 6.44. The largest absolute Gasteiger partial charge is 0.490 e. The number of epoxide rings is 1. The maximum absolute atomic E-state index is 11.0. The van der Waals surface area contributed by atoms with Crippen molar-refractivity contribution in [2.24, 2.45) is 0 Å². The molecular weight excluding hydrogens is 228 g/mol. The minimum Gasteiger partial charge on any atom is -0.490 e. The third kappa shape index (κ3) is 3.33. The highest BCUT2D eigenvalue weighted by molar-refractivity contribution is 5.81. The molecule has 3 heteroatoms. The number of rotatable bonds is 4. The second-order valence-electron chi connectivity index (χ2n) is 4.26. The number of carbonyl (C=O) groups is 1. The SMILES string of the molecule is CC.Cc1cc(C)c(OCC2CO2)c(C)c1C=O. The predicted molar refractivity (Wildman–Crippen MR) is 72.6 cm³/mol. The molecule has 1 aliphatic heterocycles. The van der Waals surface area contributed by atoms with E-state index in [9.17, 15) is 4.79 Å². The smallest absolute Gasteiger partial charge is 0.150 e. The Morgan fingerprint density at radius 1 is 1.33 bits per heavy atom. The van der Waals surface area contributed by atoms with E-state index in [4.69, 9.17) is 9.47 Å². The molecule has 0 aromatic heterocycles. The van der Waals surface area contributed by atoms with E-state index in [1.807, 2.05) is 40.7 Å². The van der Waals surface area contributed by atoms with E-state index < -0.39 is 0 Å². The lowest BCUT2D eigenvalue weighted by atomic mass is 9.99. The predicted octanol–water partition coefficient (Wildman–Crippen LogP) is 3.23. The number of aldehydes is 1. The molecule has 100 valence electrons. The Labute approximate surface area is 109 Å². The van der Waals surface area contributed by atoms with Crippen LogP contribution in [-0.4, -0.2) is 25.6 Å². The van der Waals surface area contributed by atoms with Gasteiger partial charge >= 0.3 is 0 Å². The fraction of sp³-hybridized carbons (Fsp3) is 0.533. The van der Waals surface area contributed by atoms with Crippen LogP contribution in [0.3, 0.4) is 0 Å². The maximum Gasteiger partial charge on any atom is 0.150 e. The Kier molecular flexibility index (Phi) is 5.35. The first kappa shape index (κ1) is 14.7. The third-order valence-electron chi connectivity index (χ3n) is 2.89. The van der Waals surface area contributed by atoms with Crippen molar-refractivity contribution in [3.05, 3.63) is 28.3 Å². The fourth-order valence-corrected chi connectivity index (χ4v) is 1.93. The van der Waals surface area contributed by atoms with Gasteiger partial charge in [0.1, 0.15) is 18.5 Å². The van der Waals surface area contributed by atoms with Crippen LogP contribution in [0, 0.1) is 20.8 Å². The van der Waals surface area contributed by atoms with Crippen LogP contribution >= 0.6 is 0 Å². The highest BCUT2D eigenvalue weighted by Crippen LogP contribution is 2.28. The van der Waals surface area contributed by atoms with Gasteiger partial charge in [0, 0.05) is 11.1 Å². The molecule has 0 radical (unpaired) electrons. The number of benzene rings is 1. The Balaban J connectivity index is 0.000000771. The number of hydrogen-bond donors (Lipinski definition) is 0. The lowest BCUT2D eigenvalue weighted by molar-refractivity contribution is 0.112. The van der Waals surface area contributed by atoms with E-state index in [0.717, 1.165) is 40.9 Å². The van der Waals surface area contributed by atoms with Gasteiger partial charge in [0.15, 0.2) is 6.29 Å². The molecule has 1 aromatic carbocycles. The summed E-state index contributed by atoms with van der Waals surface area (Å²) in [5.74, 6) is 0.822. The summed E-state index contributed by atoms with van der Waals surface area (Å²) in [4.78, 5) is 11.0.